The molecule has 8 heteroatoms. The molecule has 0 aromatic carbocycles. The van der Waals surface area contributed by atoms with Crippen molar-refractivity contribution < 1.29 is 14.4 Å². The van der Waals surface area contributed by atoms with Crippen molar-refractivity contribution in [3.05, 3.63) is 0 Å². The number of rotatable bonds is 3. The van der Waals surface area contributed by atoms with Crippen LogP contribution in [0.4, 0.5) is 0 Å². The van der Waals surface area contributed by atoms with Crippen molar-refractivity contribution in [2.45, 2.75) is 43.8 Å². The molecule has 0 radical (unpaired) electrons. The minimum absolute atomic E-state index is 0.0180. The number of thioether (sulfide) groups is 1. The normalized spacial score (nSPS) is 29.5. The second-order valence-electron chi connectivity index (χ2n) is 6.04. The fourth-order valence-corrected chi connectivity index (χ4v) is 4.07. The van der Waals surface area contributed by atoms with Crippen LogP contribution in [0.1, 0.15) is 25.7 Å². The van der Waals surface area contributed by atoms with Gasteiger partial charge in [-0.3, -0.25) is 19.7 Å². The molecule has 0 aliphatic carbocycles. The standard InChI is InChI=1S/C14H22N4O3S/c19-12-2-1-10(17-12)14(21)18-5-3-9(4-6-18)16-13(20)11-7-22-8-15-11/h9-11,15H,1-8H2,(H,16,20)(H,17,19). The van der Waals surface area contributed by atoms with Gasteiger partial charge in [-0.05, 0) is 19.3 Å². The second kappa shape index (κ2) is 6.87. The monoisotopic (exact) mass is 326 g/mol. The number of likely N-dealkylation sites (tertiary alicyclic amines) is 1. The summed E-state index contributed by atoms with van der Waals surface area (Å²) in [6.07, 6.45) is 2.59. The number of piperidine rings is 1. The maximum absolute atomic E-state index is 12.3. The van der Waals surface area contributed by atoms with Crippen LogP contribution in [0.2, 0.25) is 0 Å². The summed E-state index contributed by atoms with van der Waals surface area (Å²) in [7, 11) is 0. The highest BCUT2D eigenvalue weighted by Crippen LogP contribution is 2.16. The average Bonchev–Trinajstić information content (AvgIpc) is 3.18. The van der Waals surface area contributed by atoms with E-state index in [1.165, 1.54) is 0 Å². The Morgan fingerprint density at radius 1 is 1.18 bits per heavy atom. The Kier molecular flexibility index (Phi) is 4.87. The van der Waals surface area contributed by atoms with Gasteiger partial charge < -0.3 is 15.5 Å². The average molecular weight is 326 g/mol. The molecule has 122 valence electrons. The third kappa shape index (κ3) is 3.55. The Morgan fingerprint density at radius 2 is 1.95 bits per heavy atom. The summed E-state index contributed by atoms with van der Waals surface area (Å²) in [6.45, 7) is 1.28. The Bertz CT molecular complexity index is 459. The van der Waals surface area contributed by atoms with Crippen molar-refractivity contribution >= 4 is 29.5 Å². The molecule has 0 aromatic rings. The molecule has 3 heterocycles. The van der Waals surface area contributed by atoms with E-state index in [1.807, 2.05) is 4.90 Å². The van der Waals surface area contributed by atoms with E-state index < -0.39 is 0 Å². The molecule has 3 saturated heterocycles. The van der Waals surface area contributed by atoms with Crippen LogP contribution in [-0.2, 0) is 14.4 Å². The first-order valence-electron chi connectivity index (χ1n) is 7.83. The van der Waals surface area contributed by atoms with Crippen LogP contribution < -0.4 is 16.0 Å². The molecule has 2 unspecified atom stereocenters. The van der Waals surface area contributed by atoms with Gasteiger partial charge in [-0.15, -0.1) is 11.8 Å². The van der Waals surface area contributed by atoms with Gasteiger partial charge in [0.05, 0.1) is 6.04 Å². The minimum atomic E-state index is -0.349. The van der Waals surface area contributed by atoms with E-state index in [0.29, 0.717) is 25.9 Å². The van der Waals surface area contributed by atoms with Crippen LogP contribution >= 0.6 is 11.8 Å². The van der Waals surface area contributed by atoms with E-state index in [0.717, 1.165) is 24.5 Å². The Balaban J connectivity index is 1.43. The van der Waals surface area contributed by atoms with Gasteiger partial charge in [-0.2, -0.15) is 0 Å². The van der Waals surface area contributed by atoms with Gasteiger partial charge >= 0.3 is 0 Å². The largest absolute Gasteiger partial charge is 0.352 e. The minimum Gasteiger partial charge on any atom is -0.352 e. The number of hydrogen-bond donors (Lipinski definition) is 3. The molecule has 2 atom stereocenters. The van der Waals surface area contributed by atoms with E-state index in [2.05, 4.69) is 16.0 Å². The third-order valence-electron chi connectivity index (χ3n) is 4.48. The van der Waals surface area contributed by atoms with Crippen molar-refractivity contribution in [1.82, 2.24) is 20.9 Å². The first-order valence-corrected chi connectivity index (χ1v) is 8.98. The fourth-order valence-electron chi connectivity index (χ4n) is 3.13. The highest BCUT2D eigenvalue weighted by Gasteiger charge is 2.33. The number of carbonyl (C=O) groups is 3. The van der Waals surface area contributed by atoms with Gasteiger partial charge in [0, 0.05) is 37.2 Å². The molecule has 3 rings (SSSR count). The molecule has 22 heavy (non-hydrogen) atoms. The number of carbonyl (C=O) groups excluding carboxylic acids is 3. The molecule has 3 aliphatic rings. The summed E-state index contributed by atoms with van der Waals surface area (Å²) in [5, 5.41) is 8.96. The van der Waals surface area contributed by atoms with Crippen molar-refractivity contribution in [3.8, 4) is 0 Å². The first kappa shape index (κ1) is 15.6. The summed E-state index contributed by atoms with van der Waals surface area (Å²) in [5.41, 5.74) is 0. The predicted octanol–water partition coefficient (Wildman–Crippen LogP) is -0.965. The molecular formula is C14H22N4O3S. The summed E-state index contributed by atoms with van der Waals surface area (Å²) in [5.74, 6) is 1.70. The zero-order valence-electron chi connectivity index (χ0n) is 12.5. The molecule has 0 bridgehead atoms. The van der Waals surface area contributed by atoms with Gasteiger partial charge in [-0.1, -0.05) is 0 Å². The molecular weight excluding hydrogens is 304 g/mol. The summed E-state index contributed by atoms with van der Waals surface area (Å²) >= 11 is 1.73. The van der Waals surface area contributed by atoms with Crippen molar-refractivity contribution in [2.75, 3.05) is 24.7 Å². The lowest BCUT2D eigenvalue weighted by molar-refractivity contribution is -0.135. The van der Waals surface area contributed by atoms with E-state index in [4.69, 9.17) is 0 Å². The van der Waals surface area contributed by atoms with Crippen molar-refractivity contribution in [1.29, 1.82) is 0 Å². The number of nitrogens with zero attached hydrogens (tertiary/aromatic N) is 1. The lowest BCUT2D eigenvalue weighted by Crippen LogP contribution is -2.53. The Labute approximate surface area is 133 Å². The van der Waals surface area contributed by atoms with Gasteiger partial charge in [0.25, 0.3) is 0 Å². The Hall–Kier alpha value is -1.28. The van der Waals surface area contributed by atoms with E-state index in [9.17, 15) is 14.4 Å². The van der Waals surface area contributed by atoms with Crippen molar-refractivity contribution in [2.24, 2.45) is 0 Å². The number of nitrogens with one attached hydrogen (secondary N) is 3. The number of hydrogen-bond acceptors (Lipinski definition) is 5. The lowest BCUT2D eigenvalue weighted by Gasteiger charge is -2.34. The quantitative estimate of drug-likeness (QED) is 0.621. The maximum atomic E-state index is 12.3. The smallest absolute Gasteiger partial charge is 0.245 e. The van der Waals surface area contributed by atoms with Crippen LogP contribution in [0, 0.1) is 0 Å². The molecule has 0 saturated carbocycles. The van der Waals surface area contributed by atoms with E-state index in [1.54, 1.807) is 11.8 Å². The SMILES string of the molecule is O=C1CCC(C(=O)N2CCC(NC(=O)C3CSCN3)CC2)N1. The van der Waals surface area contributed by atoms with Crippen LogP contribution in [-0.4, -0.2) is 65.5 Å². The molecule has 0 aromatic heterocycles. The predicted molar refractivity (Wildman–Crippen MR) is 83.2 cm³/mol. The zero-order chi connectivity index (χ0) is 15.5. The lowest BCUT2D eigenvalue weighted by atomic mass is 10.0. The second-order valence-corrected chi connectivity index (χ2v) is 7.07. The highest BCUT2D eigenvalue weighted by atomic mass is 32.2. The van der Waals surface area contributed by atoms with Crippen LogP contribution in [0.5, 0.6) is 0 Å². The third-order valence-corrected chi connectivity index (χ3v) is 5.42. The van der Waals surface area contributed by atoms with E-state index in [-0.39, 0.29) is 35.8 Å². The zero-order valence-corrected chi connectivity index (χ0v) is 13.3. The van der Waals surface area contributed by atoms with E-state index >= 15 is 0 Å². The van der Waals surface area contributed by atoms with Gasteiger partial charge in [0.1, 0.15) is 6.04 Å². The van der Waals surface area contributed by atoms with Crippen LogP contribution in [0.3, 0.4) is 0 Å². The molecule has 3 aliphatic heterocycles. The molecule has 7 nitrogen and oxygen atoms in total. The summed E-state index contributed by atoms with van der Waals surface area (Å²) in [6, 6.07) is -0.293. The van der Waals surface area contributed by atoms with Crippen molar-refractivity contribution in [3.63, 3.8) is 0 Å². The fraction of sp³-hybridized carbons (Fsp3) is 0.786. The molecule has 3 fully saturated rings. The Morgan fingerprint density at radius 3 is 2.55 bits per heavy atom. The summed E-state index contributed by atoms with van der Waals surface area (Å²) in [4.78, 5) is 37.4. The van der Waals surface area contributed by atoms with Crippen LogP contribution in [0.25, 0.3) is 0 Å². The molecule has 0 spiro atoms. The molecule has 3 N–H and O–H groups in total. The highest BCUT2D eigenvalue weighted by molar-refractivity contribution is 7.99. The maximum Gasteiger partial charge on any atom is 0.245 e. The summed E-state index contributed by atoms with van der Waals surface area (Å²) < 4.78 is 0. The van der Waals surface area contributed by atoms with Gasteiger partial charge in [0.15, 0.2) is 0 Å². The first-order chi connectivity index (χ1) is 10.6. The molecule has 3 amide bonds. The van der Waals surface area contributed by atoms with Gasteiger partial charge in [0.2, 0.25) is 17.7 Å². The van der Waals surface area contributed by atoms with Crippen LogP contribution in [0.15, 0.2) is 0 Å². The number of amides is 3. The topological polar surface area (TPSA) is 90.5 Å². The van der Waals surface area contributed by atoms with Gasteiger partial charge in [-0.25, -0.2) is 0 Å².